The number of amides is 1. The fourth-order valence-corrected chi connectivity index (χ4v) is 1.60. The molecule has 0 fully saturated rings. The largest absolute Gasteiger partial charge is 0.497 e. The molecular weight excluding hydrogens is 246 g/mol. The SMILES string of the molecule is COCn1cc(NC(=O)c2cccc(OC)c2)cn1. The van der Waals surface area contributed by atoms with Gasteiger partial charge in [0.05, 0.1) is 25.2 Å². The zero-order valence-electron chi connectivity index (χ0n) is 10.8. The molecular formula is C13H15N3O3. The minimum absolute atomic E-state index is 0.212. The Kier molecular flexibility index (Phi) is 4.15. The number of carbonyl (C=O) groups is 1. The maximum Gasteiger partial charge on any atom is 0.255 e. The number of hydrogen-bond acceptors (Lipinski definition) is 4. The number of carbonyl (C=O) groups excluding carboxylic acids is 1. The number of benzene rings is 1. The Morgan fingerprint density at radius 2 is 2.26 bits per heavy atom. The normalized spacial score (nSPS) is 10.2. The van der Waals surface area contributed by atoms with Gasteiger partial charge in [0.25, 0.3) is 5.91 Å². The van der Waals surface area contributed by atoms with Gasteiger partial charge in [0.15, 0.2) is 0 Å². The molecule has 6 nitrogen and oxygen atoms in total. The average molecular weight is 261 g/mol. The first-order valence-corrected chi connectivity index (χ1v) is 5.69. The van der Waals surface area contributed by atoms with Gasteiger partial charge in [-0.3, -0.25) is 4.79 Å². The highest BCUT2D eigenvalue weighted by atomic mass is 16.5. The van der Waals surface area contributed by atoms with Crippen molar-refractivity contribution in [2.45, 2.75) is 6.73 Å². The fraction of sp³-hybridized carbons (Fsp3) is 0.231. The van der Waals surface area contributed by atoms with E-state index < -0.39 is 0 Å². The van der Waals surface area contributed by atoms with E-state index in [0.717, 1.165) is 0 Å². The number of hydrogen-bond donors (Lipinski definition) is 1. The van der Waals surface area contributed by atoms with Crippen LogP contribution in [0.15, 0.2) is 36.7 Å². The minimum atomic E-state index is -0.212. The highest BCUT2D eigenvalue weighted by Crippen LogP contribution is 2.14. The number of ether oxygens (including phenoxy) is 2. The number of nitrogens with one attached hydrogen (secondary N) is 1. The van der Waals surface area contributed by atoms with Gasteiger partial charge in [-0.15, -0.1) is 0 Å². The van der Waals surface area contributed by atoms with Crippen molar-refractivity contribution in [2.75, 3.05) is 19.5 Å². The first kappa shape index (κ1) is 13.1. The first-order chi connectivity index (χ1) is 9.22. The molecule has 0 atom stereocenters. The predicted octanol–water partition coefficient (Wildman–Crippen LogP) is 1.75. The summed E-state index contributed by atoms with van der Waals surface area (Å²) in [5, 5.41) is 6.79. The van der Waals surface area contributed by atoms with Gasteiger partial charge >= 0.3 is 0 Å². The molecule has 1 N–H and O–H groups in total. The summed E-state index contributed by atoms with van der Waals surface area (Å²) >= 11 is 0. The van der Waals surface area contributed by atoms with E-state index in [0.29, 0.717) is 23.7 Å². The first-order valence-electron chi connectivity index (χ1n) is 5.69. The fourth-order valence-electron chi connectivity index (χ4n) is 1.60. The van der Waals surface area contributed by atoms with E-state index in [4.69, 9.17) is 9.47 Å². The summed E-state index contributed by atoms with van der Waals surface area (Å²) in [5.41, 5.74) is 1.14. The molecule has 0 saturated carbocycles. The maximum atomic E-state index is 12.0. The van der Waals surface area contributed by atoms with Crippen molar-refractivity contribution in [3.63, 3.8) is 0 Å². The van der Waals surface area contributed by atoms with Gasteiger partial charge in [-0.1, -0.05) is 6.07 Å². The molecule has 0 aliphatic carbocycles. The number of anilines is 1. The van der Waals surface area contributed by atoms with Crippen LogP contribution in [0.1, 0.15) is 10.4 Å². The van der Waals surface area contributed by atoms with E-state index in [1.54, 1.807) is 55.6 Å². The van der Waals surface area contributed by atoms with Crippen LogP contribution in [0.5, 0.6) is 5.75 Å². The molecule has 1 heterocycles. The summed E-state index contributed by atoms with van der Waals surface area (Å²) in [6, 6.07) is 6.95. The second-order valence-electron chi connectivity index (χ2n) is 3.87. The molecule has 0 spiro atoms. The molecule has 100 valence electrons. The Bertz CT molecular complexity index is 566. The predicted molar refractivity (Wildman–Crippen MR) is 70.2 cm³/mol. The van der Waals surface area contributed by atoms with Gasteiger partial charge in [0.1, 0.15) is 12.5 Å². The van der Waals surface area contributed by atoms with Crippen molar-refractivity contribution in [1.29, 1.82) is 0 Å². The Labute approximate surface area is 110 Å². The second kappa shape index (κ2) is 6.01. The zero-order valence-corrected chi connectivity index (χ0v) is 10.8. The summed E-state index contributed by atoms with van der Waals surface area (Å²) in [4.78, 5) is 12.0. The third kappa shape index (κ3) is 3.32. The lowest BCUT2D eigenvalue weighted by Crippen LogP contribution is -2.11. The molecule has 2 aromatic rings. The highest BCUT2D eigenvalue weighted by Gasteiger charge is 2.08. The summed E-state index contributed by atoms with van der Waals surface area (Å²) in [6.45, 7) is 0.342. The Morgan fingerprint density at radius 3 is 3.00 bits per heavy atom. The quantitative estimate of drug-likeness (QED) is 0.890. The van der Waals surface area contributed by atoms with E-state index >= 15 is 0 Å². The van der Waals surface area contributed by atoms with Gasteiger partial charge in [-0.2, -0.15) is 5.10 Å². The van der Waals surface area contributed by atoms with Gasteiger partial charge in [0, 0.05) is 12.7 Å². The molecule has 6 heteroatoms. The molecule has 0 radical (unpaired) electrons. The van der Waals surface area contributed by atoms with Crippen molar-refractivity contribution >= 4 is 11.6 Å². The summed E-state index contributed by atoms with van der Waals surface area (Å²) in [6.07, 6.45) is 3.26. The van der Waals surface area contributed by atoms with Crippen LogP contribution in [0.25, 0.3) is 0 Å². The monoisotopic (exact) mass is 261 g/mol. The maximum absolute atomic E-state index is 12.0. The van der Waals surface area contributed by atoms with Gasteiger partial charge in [0.2, 0.25) is 0 Å². The van der Waals surface area contributed by atoms with Crippen LogP contribution >= 0.6 is 0 Å². The van der Waals surface area contributed by atoms with Crippen LogP contribution in [-0.2, 0) is 11.5 Å². The van der Waals surface area contributed by atoms with Crippen LogP contribution in [0.2, 0.25) is 0 Å². The van der Waals surface area contributed by atoms with Crippen LogP contribution in [0.3, 0.4) is 0 Å². The van der Waals surface area contributed by atoms with Gasteiger partial charge in [-0.25, -0.2) is 4.68 Å². The number of methoxy groups -OCH3 is 2. The molecule has 1 aromatic carbocycles. The summed E-state index contributed by atoms with van der Waals surface area (Å²) < 4.78 is 11.6. The molecule has 2 rings (SSSR count). The molecule has 0 aliphatic rings. The van der Waals surface area contributed by atoms with E-state index in [1.165, 1.54) is 0 Å². The van der Waals surface area contributed by atoms with Gasteiger partial charge in [-0.05, 0) is 18.2 Å². The minimum Gasteiger partial charge on any atom is -0.497 e. The van der Waals surface area contributed by atoms with Crippen molar-refractivity contribution in [1.82, 2.24) is 9.78 Å². The lowest BCUT2D eigenvalue weighted by atomic mass is 10.2. The molecule has 0 aliphatic heterocycles. The Balaban J connectivity index is 2.06. The lowest BCUT2D eigenvalue weighted by Gasteiger charge is -2.04. The molecule has 0 saturated heterocycles. The molecule has 0 unspecified atom stereocenters. The summed E-state index contributed by atoms with van der Waals surface area (Å²) in [5.74, 6) is 0.429. The molecule has 1 amide bonds. The zero-order chi connectivity index (χ0) is 13.7. The van der Waals surface area contributed by atoms with Gasteiger partial charge < -0.3 is 14.8 Å². The van der Waals surface area contributed by atoms with Crippen LogP contribution in [0.4, 0.5) is 5.69 Å². The highest BCUT2D eigenvalue weighted by molar-refractivity contribution is 6.04. The van der Waals surface area contributed by atoms with Crippen molar-refractivity contribution in [3.05, 3.63) is 42.2 Å². The van der Waals surface area contributed by atoms with Crippen molar-refractivity contribution in [2.24, 2.45) is 0 Å². The molecule has 19 heavy (non-hydrogen) atoms. The van der Waals surface area contributed by atoms with E-state index in [9.17, 15) is 4.79 Å². The smallest absolute Gasteiger partial charge is 0.255 e. The van der Waals surface area contributed by atoms with Crippen molar-refractivity contribution < 1.29 is 14.3 Å². The van der Waals surface area contributed by atoms with Crippen LogP contribution < -0.4 is 10.1 Å². The Morgan fingerprint density at radius 1 is 1.42 bits per heavy atom. The number of rotatable bonds is 5. The van der Waals surface area contributed by atoms with Crippen LogP contribution in [0, 0.1) is 0 Å². The van der Waals surface area contributed by atoms with Crippen molar-refractivity contribution in [3.8, 4) is 5.75 Å². The van der Waals surface area contributed by atoms with Crippen LogP contribution in [-0.4, -0.2) is 29.9 Å². The third-order valence-electron chi connectivity index (χ3n) is 2.48. The standard InChI is InChI=1S/C13H15N3O3/c1-18-9-16-8-11(7-14-16)15-13(17)10-4-3-5-12(6-10)19-2/h3-8H,9H2,1-2H3,(H,15,17). The molecule has 1 aromatic heterocycles. The van der Waals surface area contributed by atoms with E-state index in [-0.39, 0.29) is 5.91 Å². The van der Waals surface area contributed by atoms with E-state index in [2.05, 4.69) is 10.4 Å². The summed E-state index contributed by atoms with van der Waals surface area (Å²) in [7, 11) is 3.14. The average Bonchev–Trinajstić information content (AvgIpc) is 2.86. The third-order valence-corrected chi connectivity index (χ3v) is 2.48. The Hall–Kier alpha value is -2.34. The second-order valence-corrected chi connectivity index (χ2v) is 3.87. The molecule has 0 bridgehead atoms. The van der Waals surface area contributed by atoms with E-state index in [1.807, 2.05) is 0 Å². The topological polar surface area (TPSA) is 65.4 Å². The lowest BCUT2D eigenvalue weighted by molar-refractivity contribution is 0.102. The number of aromatic nitrogens is 2. The number of nitrogens with zero attached hydrogens (tertiary/aromatic N) is 2.